The summed E-state index contributed by atoms with van der Waals surface area (Å²) in [5, 5.41) is 8.55. The van der Waals surface area contributed by atoms with Gasteiger partial charge in [0.25, 0.3) is 0 Å². The second-order valence-corrected chi connectivity index (χ2v) is 6.53. The molecule has 0 aromatic heterocycles. The van der Waals surface area contributed by atoms with E-state index in [-0.39, 0.29) is 32.7 Å². The molecule has 0 radical (unpaired) electrons. The van der Waals surface area contributed by atoms with Gasteiger partial charge in [-0.05, 0) is 19.9 Å². The van der Waals surface area contributed by atoms with Crippen molar-refractivity contribution < 1.29 is 23.9 Å². The molecule has 0 aliphatic carbocycles. The summed E-state index contributed by atoms with van der Waals surface area (Å²) in [6.45, 7) is 4.77. The summed E-state index contributed by atoms with van der Waals surface area (Å²) in [5.41, 5.74) is -0.391. The van der Waals surface area contributed by atoms with Crippen molar-refractivity contribution in [1.82, 2.24) is 0 Å². The summed E-state index contributed by atoms with van der Waals surface area (Å²) >= 11 is 18.1. The highest BCUT2D eigenvalue weighted by molar-refractivity contribution is 6.47. The molecule has 27 heavy (non-hydrogen) atoms. The lowest BCUT2D eigenvalue weighted by Crippen LogP contribution is -2.21. The van der Waals surface area contributed by atoms with Crippen molar-refractivity contribution >= 4 is 64.6 Å². The van der Waals surface area contributed by atoms with Gasteiger partial charge in [-0.2, -0.15) is 5.26 Å². The van der Waals surface area contributed by atoms with Crippen molar-refractivity contribution in [2.45, 2.75) is 33.3 Å². The van der Waals surface area contributed by atoms with Crippen molar-refractivity contribution in [2.75, 3.05) is 0 Å². The van der Waals surface area contributed by atoms with Crippen LogP contribution < -0.4 is 0 Å². The molecule has 0 saturated heterocycles. The van der Waals surface area contributed by atoms with Gasteiger partial charge in [0, 0.05) is 12.6 Å². The van der Waals surface area contributed by atoms with Crippen LogP contribution in [-0.2, 0) is 19.1 Å². The predicted octanol–water partition coefficient (Wildman–Crippen LogP) is 4.53. The highest BCUT2D eigenvalue weighted by Crippen LogP contribution is 2.39. The molecule has 0 N–H and O–H groups in total. The Morgan fingerprint density at radius 1 is 1.26 bits per heavy atom. The Labute approximate surface area is 170 Å². The average molecular weight is 434 g/mol. The number of aliphatic imine (C=N–C) groups is 1. The van der Waals surface area contributed by atoms with Crippen LogP contribution in [0.2, 0.25) is 15.1 Å². The molecule has 1 aromatic carbocycles. The normalized spacial score (nSPS) is 11.9. The first-order valence-electron chi connectivity index (χ1n) is 7.69. The smallest absolute Gasteiger partial charge is 0.348 e. The lowest BCUT2D eigenvalue weighted by molar-refractivity contribution is -0.148. The Hall–Kier alpha value is -2.14. The Balaban J connectivity index is 3.26. The fourth-order valence-corrected chi connectivity index (χ4v) is 2.45. The van der Waals surface area contributed by atoms with Crippen LogP contribution in [0, 0.1) is 17.2 Å². The van der Waals surface area contributed by atoms with Crippen LogP contribution in [0.25, 0.3) is 0 Å². The molecule has 144 valence electrons. The van der Waals surface area contributed by atoms with E-state index in [1.807, 2.05) is 0 Å². The summed E-state index contributed by atoms with van der Waals surface area (Å²) in [6.07, 6.45) is 0.560. The zero-order valence-electron chi connectivity index (χ0n) is 14.6. The van der Waals surface area contributed by atoms with E-state index in [1.165, 1.54) is 13.0 Å². The molecule has 0 aliphatic rings. The van der Waals surface area contributed by atoms with E-state index < -0.39 is 29.9 Å². The average Bonchev–Trinajstić information content (AvgIpc) is 2.59. The van der Waals surface area contributed by atoms with Gasteiger partial charge in [-0.25, -0.2) is 4.79 Å². The van der Waals surface area contributed by atoms with E-state index in [2.05, 4.69) is 9.73 Å². The highest BCUT2D eigenvalue weighted by Gasteiger charge is 2.24. The number of nitriles is 1. The minimum atomic E-state index is -1.30. The third kappa shape index (κ3) is 6.21. The summed E-state index contributed by atoms with van der Waals surface area (Å²) in [7, 11) is 0. The third-order valence-electron chi connectivity index (χ3n) is 2.94. The summed E-state index contributed by atoms with van der Waals surface area (Å²) in [6, 6.07) is 2.97. The summed E-state index contributed by atoms with van der Waals surface area (Å²) in [5.74, 6) is -3.96. The van der Waals surface area contributed by atoms with Crippen molar-refractivity contribution in [1.29, 1.82) is 5.26 Å². The molecule has 0 fully saturated rings. The topological polar surface area (TPSA) is 106 Å². The first kappa shape index (κ1) is 22.9. The minimum absolute atomic E-state index is 0.0334. The van der Waals surface area contributed by atoms with E-state index in [9.17, 15) is 14.4 Å². The number of ether oxygens (including phenoxy) is 2. The fourth-order valence-electron chi connectivity index (χ4n) is 1.70. The Morgan fingerprint density at radius 3 is 2.41 bits per heavy atom. The first-order valence-corrected chi connectivity index (χ1v) is 8.82. The lowest BCUT2D eigenvalue weighted by atomic mass is 10.1. The number of carbonyl (C=O) groups excluding carboxylic acids is 3. The molecule has 7 nitrogen and oxygen atoms in total. The van der Waals surface area contributed by atoms with Crippen LogP contribution in [0.15, 0.2) is 11.1 Å². The zero-order valence-corrected chi connectivity index (χ0v) is 16.9. The van der Waals surface area contributed by atoms with Crippen LogP contribution in [0.3, 0.4) is 0 Å². The number of hydrogen-bond acceptors (Lipinski definition) is 7. The van der Waals surface area contributed by atoms with Gasteiger partial charge in [-0.3, -0.25) is 14.6 Å². The maximum Gasteiger partial charge on any atom is 0.348 e. The second kappa shape index (κ2) is 10.3. The van der Waals surface area contributed by atoms with Gasteiger partial charge in [0.15, 0.2) is 5.92 Å². The number of benzene rings is 1. The van der Waals surface area contributed by atoms with Crippen LogP contribution >= 0.6 is 34.8 Å². The number of nitrogens with zero attached hydrogens (tertiary/aromatic N) is 2. The summed E-state index contributed by atoms with van der Waals surface area (Å²) < 4.78 is 9.54. The van der Waals surface area contributed by atoms with Gasteiger partial charge >= 0.3 is 17.9 Å². The van der Waals surface area contributed by atoms with Gasteiger partial charge in [0.05, 0.1) is 32.9 Å². The fraction of sp³-hybridized carbons (Fsp3) is 0.353. The Bertz CT molecular complexity index is 831. The van der Waals surface area contributed by atoms with E-state index in [4.69, 9.17) is 44.8 Å². The molecule has 1 unspecified atom stereocenters. The predicted molar refractivity (Wildman–Crippen MR) is 101 cm³/mol. The highest BCUT2D eigenvalue weighted by atomic mass is 35.5. The van der Waals surface area contributed by atoms with Gasteiger partial charge in [0.1, 0.15) is 5.56 Å². The Kier molecular flexibility index (Phi) is 8.70. The molecule has 0 amide bonds. The van der Waals surface area contributed by atoms with E-state index in [0.29, 0.717) is 0 Å². The Morgan fingerprint density at radius 2 is 1.89 bits per heavy atom. The van der Waals surface area contributed by atoms with E-state index in [1.54, 1.807) is 19.9 Å². The van der Waals surface area contributed by atoms with Gasteiger partial charge < -0.3 is 9.47 Å². The molecular weight excluding hydrogens is 419 g/mol. The maximum absolute atomic E-state index is 12.1. The number of hydrogen-bond donors (Lipinski definition) is 0. The number of esters is 3. The van der Waals surface area contributed by atoms with Gasteiger partial charge in [0.2, 0.25) is 0 Å². The zero-order chi connectivity index (χ0) is 20.7. The molecule has 1 rings (SSSR count). The molecule has 1 atom stereocenters. The maximum atomic E-state index is 12.1. The van der Waals surface area contributed by atoms with Gasteiger partial charge in [-0.15, -0.1) is 0 Å². The number of halogens is 3. The molecule has 1 aromatic rings. The molecule has 0 aliphatic heterocycles. The molecule has 0 bridgehead atoms. The SMILES string of the molecule is CCC(=O)OC(=O)c1c(Cl)c(Cl)cc(N=CC(C#N)C(=O)OC(C)C)c1Cl. The van der Waals surface area contributed by atoms with E-state index in [0.717, 1.165) is 6.21 Å². The molecule has 10 heteroatoms. The lowest BCUT2D eigenvalue weighted by Gasteiger charge is -2.11. The van der Waals surface area contributed by atoms with Crippen LogP contribution in [0.1, 0.15) is 37.6 Å². The largest absolute Gasteiger partial charge is 0.462 e. The quantitative estimate of drug-likeness (QED) is 0.282. The number of carbonyl (C=O) groups is 3. The van der Waals surface area contributed by atoms with Crippen LogP contribution in [0.4, 0.5) is 5.69 Å². The monoisotopic (exact) mass is 432 g/mol. The standard InChI is InChI=1S/C17H15Cl3N2O5/c1-4-12(23)27-17(25)13-14(19)10(18)5-11(15(13)20)22-7-9(6-21)16(24)26-8(2)3/h5,7-9H,4H2,1-3H3. The second-order valence-electron chi connectivity index (χ2n) is 5.37. The van der Waals surface area contributed by atoms with E-state index >= 15 is 0 Å². The van der Waals surface area contributed by atoms with Crippen molar-refractivity contribution in [3.05, 3.63) is 26.7 Å². The van der Waals surface area contributed by atoms with Crippen molar-refractivity contribution in [3.63, 3.8) is 0 Å². The van der Waals surface area contributed by atoms with Crippen molar-refractivity contribution in [2.24, 2.45) is 10.9 Å². The molecule has 0 spiro atoms. The van der Waals surface area contributed by atoms with Crippen LogP contribution in [-0.4, -0.2) is 30.2 Å². The molecular formula is C17H15Cl3N2O5. The minimum Gasteiger partial charge on any atom is -0.462 e. The first-order chi connectivity index (χ1) is 12.6. The third-order valence-corrected chi connectivity index (χ3v) is 4.11. The van der Waals surface area contributed by atoms with Crippen molar-refractivity contribution in [3.8, 4) is 6.07 Å². The van der Waals surface area contributed by atoms with Crippen LogP contribution in [0.5, 0.6) is 0 Å². The molecule has 0 heterocycles. The number of rotatable bonds is 6. The summed E-state index contributed by atoms with van der Waals surface area (Å²) in [4.78, 5) is 39.2. The van der Waals surface area contributed by atoms with Gasteiger partial charge in [-0.1, -0.05) is 41.7 Å². The molecule has 0 saturated carbocycles.